The van der Waals surface area contributed by atoms with E-state index < -0.39 is 0 Å². The van der Waals surface area contributed by atoms with Gasteiger partial charge in [-0.3, -0.25) is 4.79 Å². The fourth-order valence-electron chi connectivity index (χ4n) is 2.19. The summed E-state index contributed by atoms with van der Waals surface area (Å²) in [6, 6.07) is 3.85. The quantitative estimate of drug-likeness (QED) is 0.386. The molecule has 1 aliphatic rings. The second kappa shape index (κ2) is 5.87. The maximum absolute atomic E-state index is 12.2. The van der Waals surface area contributed by atoms with Crippen LogP contribution in [0.25, 0.3) is 0 Å². The smallest absolute Gasteiger partial charge is 0.170 e. The molecule has 5 heteroatoms. The van der Waals surface area contributed by atoms with Crippen molar-refractivity contribution >= 4 is 5.78 Å². The van der Waals surface area contributed by atoms with Crippen LogP contribution in [0.4, 0.5) is 0 Å². The summed E-state index contributed by atoms with van der Waals surface area (Å²) in [6.45, 7) is 7.74. The number of phenols is 2. The van der Waals surface area contributed by atoms with Crippen molar-refractivity contribution in [2.24, 2.45) is 0 Å². The lowest BCUT2D eigenvalue weighted by Gasteiger charge is -2.33. The Morgan fingerprint density at radius 1 is 1.43 bits per heavy atom. The van der Waals surface area contributed by atoms with Crippen LogP contribution >= 0.6 is 0 Å². The Kier molecular flexibility index (Phi) is 4.34. The molecule has 5 nitrogen and oxygen atoms in total. The number of hydrogen-bond donors (Lipinski definition) is 2. The van der Waals surface area contributed by atoms with Gasteiger partial charge in [0, 0.05) is 6.42 Å². The van der Waals surface area contributed by atoms with E-state index in [1.165, 1.54) is 18.2 Å². The summed E-state index contributed by atoms with van der Waals surface area (Å²) in [7, 11) is 0. The summed E-state index contributed by atoms with van der Waals surface area (Å²) < 4.78 is 0. The van der Waals surface area contributed by atoms with Crippen LogP contribution in [0.1, 0.15) is 43.5 Å². The van der Waals surface area contributed by atoms with Crippen LogP contribution in [0, 0.1) is 0 Å². The minimum absolute atomic E-state index is 0.0332. The van der Waals surface area contributed by atoms with Crippen LogP contribution in [-0.4, -0.2) is 27.7 Å². The summed E-state index contributed by atoms with van der Waals surface area (Å²) in [5.74, 6) is -0.546. The lowest BCUT2D eigenvalue weighted by molar-refractivity contribution is -0.393. The highest BCUT2D eigenvalue weighted by atomic mass is 17.2. The molecule has 0 saturated carbocycles. The molecule has 1 fully saturated rings. The first kappa shape index (κ1) is 15.5. The Morgan fingerprint density at radius 2 is 2.14 bits per heavy atom. The van der Waals surface area contributed by atoms with E-state index in [2.05, 4.69) is 6.58 Å². The van der Waals surface area contributed by atoms with E-state index in [0.29, 0.717) is 5.57 Å². The lowest BCUT2D eigenvalue weighted by Crippen LogP contribution is -2.35. The average Bonchev–Trinajstić information content (AvgIpc) is 2.41. The molecular formula is C16H20O5. The van der Waals surface area contributed by atoms with Crippen LogP contribution in [-0.2, 0) is 9.78 Å². The molecule has 21 heavy (non-hydrogen) atoms. The molecule has 0 unspecified atom stereocenters. The minimum Gasteiger partial charge on any atom is -0.508 e. The monoisotopic (exact) mass is 292 g/mol. The van der Waals surface area contributed by atoms with E-state index >= 15 is 0 Å². The van der Waals surface area contributed by atoms with Gasteiger partial charge in [0.15, 0.2) is 5.78 Å². The van der Waals surface area contributed by atoms with Gasteiger partial charge in [0.05, 0.1) is 11.2 Å². The largest absolute Gasteiger partial charge is 0.508 e. The first-order chi connectivity index (χ1) is 9.78. The highest BCUT2D eigenvalue weighted by Crippen LogP contribution is 2.31. The van der Waals surface area contributed by atoms with E-state index in [9.17, 15) is 15.0 Å². The highest BCUT2D eigenvalue weighted by Gasteiger charge is 2.31. The van der Waals surface area contributed by atoms with Crippen LogP contribution in [0.3, 0.4) is 0 Å². The van der Waals surface area contributed by atoms with Gasteiger partial charge in [-0.25, -0.2) is 9.78 Å². The zero-order chi connectivity index (χ0) is 15.6. The zero-order valence-corrected chi connectivity index (χ0v) is 12.3. The van der Waals surface area contributed by atoms with Gasteiger partial charge in [0.1, 0.15) is 17.6 Å². The van der Waals surface area contributed by atoms with Crippen LogP contribution < -0.4 is 0 Å². The molecule has 1 atom stereocenters. The van der Waals surface area contributed by atoms with E-state index in [1.54, 1.807) is 0 Å². The second-order valence-electron chi connectivity index (χ2n) is 5.93. The van der Waals surface area contributed by atoms with Gasteiger partial charge in [0.25, 0.3) is 0 Å². The SMILES string of the molecule is C=C(CC(=O)c1cc(O)ccc1O)[C@H]1CCC(C)(C)OO1. The van der Waals surface area contributed by atoms with Crippen molar-refractivity contribution in [3.8, 4) is 11.5 Å². The van der Waals surface area contributed by atoms with Gasteiger partial charge >= 0.3 is 0 Å². The van der Waals surface area contributed by atoms with Crippen LogP contribution in [0.5, 0.6) is 11.5 Å². The third-order valence-corrected chi connectivity index (χ3v) is 3.52. The maximum Gasteiger partial charge on any atom is 0.170 e. The van der Waals surface area contributed by atoms with Gasteiger partial charge in [-0.1, -0.05) is 6.58 Å². The van der Waals surface area contributed by atoms with Crippen molar-refractivity contribution in [2.45, 2.75) is 44.8 Å². The predicted molar refractivity (Wildman–Crippen MR) is 77.1 cm³/mol. The summed E-state index contributed by atoms with van der Waals surface area (Å²) in [6.07, 6.45) is 1.24. The molecule has 0 aromatic heterocycles. The normalized spacial score (nSPS) is 21.0. The van der Waals surface area contributed by atoms with Gasteiger partial charge in [0.2, 0.25) is 0 Å². The number of aromatic hydroxyl groups is 2. The molecule has 1 aromatic carbocycles. The first-order valence-corrected chi connectivity index (χ1v) is 6.86. The molecule has 0 bridgehead atoms. The minimum atomic E-state index is -0.332. The summed E-state index contributed by atoms with van der Waals surface area (Å²) in [5.41, 5.74) is 0.344. The standard InChI is InChI=1S/C16H20O5/c1-10(15-6-7-16(2,3)21-20-15)8-14(19)12-9-11(17)4-5-13(12)18/h4-5,9,15,17-18H,1,6-8H2,2-3H3/t15-/m1/s1. The van der Waals surface area contributed by atoms with Crippen molar-refractivity contribution in [3.05, 3.63) is 35.9 Å². The Balaban J connectivity index is 2.00. The van der Waals surface area contributed by atoms with Crippen molar-refractivity contribution in [3.63, 3.8) is 0 Å². The molecule has 0 aliphatic carbocycles. The number of ketones is 1. The average molecular weight is 292 g/mol. The first-order valence-electron chi connectivity index (χ1n) is 6.86. The molecule has 114 valence electrons. The topological polar surface area (TPSA) is 76.0 Å². The fraction of sp³-hybridized carbons (Fsp3) is 0.438. The molecule has 1 heterocycles. The predicted octanol–water partition coefficient (Wildman–Crippen LogP) is 3.12. The maximum atomic E-state index is 12.2. The lowest BCUT2D eigenvalue weighted by atomic mass is 9.93. The van der Waals surface area contributed by atoms with E-state index in [-0.39, 0.29) is 41.0 Å². The van der Waals surface area contributed by atoms with Crippen molar-refractivity contribution in [1.29, 1.82) is 0 Å². The van der Waals surface area contributed by atoms with Crippen LogP contribution in [0.15, 0.2) is 30.4 Å². The number of benzene rings is 1. The summed E-state index contributed by atoms with van der Waals surface area (Å²) in [4.78, 5) is 22.7. The molecule has 0 spiro atoms. The Hall–Kier alpha value is -1.85. The molecule has 1 aliphatic heterocycles. The van der Waals surface area contributed by atoms with E-state index in [0.717, 1.165) is 12.8 Å². The second-order valence-corrected chi connectivity index (χ2v) is 5.93. The summed E-state index contributed by atoms with van der Waals surface area (Å²) >= 11 is 0. The van der Waals surface area contributed by atoms with Gasteiger partial charge in [-0.05, 0) is 50.5 Å². The zero-order valence-electron chi connectivity index (χ0n) is 12.3. The molecule has 1 saturated heterocycles. The molecule has 0 radical (unpaired) electrons. The fourth-order valence-corrected chi connectivity index (χ4v) is 2.19. The molecule has 2 N–H and O–H groups in total. The van der Waals surface area contributed by atoms with E-state index in [1.807, 2.05) is 13.8 Å². The van der Waals surface area contributed by atoms with Crippen molar-refractivity contribution in [2.75, 3.05) is 0 Å². The van der Waals surface area contributed by atoms with Gasteiger partial charge < -0.3 is 10.2 Å². The third-order valence-electron chi connectivity index (χ3n) is 3.52. The Morgan fingerprint density at radius 3 is 2.76 bits per heavy atom. The summed E-state index contributed by atoms with van der Waals surface area (Å²) in [5, 5.41) is 19.1. The Bertz CT molecular complexity index is 552. The molecular weight excluding hydrogens is 272 g/mol. The van der Waals surface area contributed by atoms with Gasteiger partial charge in [-0.2, -0.15) is 0 Å². The molecule has 1 aromatic rings. The highest BCUT2D eigenvalue weighted by molar-refractivity contribution is 6.00. The van der Waals surface area contributed by atoms with Crippen LogP contribution in [0.2, 0.25) is 0 Å². The number of rotatable bonds is 4. The van der Waals surface area contributed by atoms with Gasteiger partial charge in [-0.15, -0.1) is 0 Å². The number of phenolic OH excluding ortho intramolecular Hbond substituents is 2. The Labute approximate surface area is 123 Å². The van der Waals surface area contributed by atoms with Crippen molar-refractivity contribution in [1.82, 2.24) is 0 Å². The number of hydrogen-bond acceptors (Lipinski definition) is 5. The number of carbonyl (C=O) groups excluding carboxylic acids is 1. The number of carbonyl (C=O) groups is 1. The van der Waals surface area contributed by atoms with E-state index in [4.69, 9.17) is 9.78 Å². The molecule has 0 amide bonds. The molecule has 2 rings (SSSR count). The van der Waals surface area contributed by atoms with Crippen molar-refractivity contribution < 1.29 is 24.8 Å². The number of Topliss-reactive ketones (excluding diaryl/α,β-unsaturated/α-hetero) is 1. The third kappa shape index (κ3) is 3.83.